The van der Waals surface area contributed by atoms with Crippen molar-refractivity contribution >= 4 is 148 Å². The zero-order valence-electron chi connectivity index (χ0n) is 78.6. The van der Waals surface area contributed by atoms with E-state index < -0.39 is 112 Å². The van der Waals surface area contributed by atoms with Crippen molar-refractivity contribution in [1.82, 2.24) is 29.7 Å². The molecule has 19 rings (SSSR count). The number of anilines is 9. The smallest absolute Gasteiger partial charge is 0.411 e. The molecule has 0 saturated heterocycles. The van der Waals surface area contributed by atoms with Crippen molar-refractivity contribution in [3.8, 4) is 0 Å². The molecule has 12 N–H and O–H groups in total. The Kier molecular flexibility index (Phi) is 30.9. The zero-order valence-corrected chi connectivity index (χ0v) is 80.3. The number of hydrogen-bond donors (Lipinski definition) is 9. The Morgan fingerprint density at radius 2 is 0.950 bits per heavy atom. The number of benzene rings is 9. The number of Topliss-reactive ketones (excluding diaryl/α,β-unsaturated/α-hetero) is 1. The second-order valence-corrected chi connectivity index (χ2v) is 39.4. The number of fused-ring (bicyclic) bond motifs is 30. The normalized spacial score (nSPS) is 18.2. The highest BCUT2D eigenvalue weighted by Crippen LogP contribution is 2.49. The van der Waals surface area contributed by atoms with E-state index in [9.17, 15) is 59.7 Å². The highest BCUT2D eigenvalue weighted by molar-refractivity contribution is 7.92. The van der Waals surface area contributed by atoms with Gasteiger partial charge in [-0.2, -0.15) is 0 Å². The van der Waals surface area contributed by atoms with Gasteiger partial charge in [0, 0.05) is 134 Å². The Bertz CT molecular complexity index is 6950. The van der Waals surface area contributed by atoms with E-state index in [1.807, 2.05) is 108 Å². The molecule has 37 heteroatoms. The molecule has 0 spiro atoms. The van der Waals surface area contributed by atoms with Crippen molar-refractivity contribution in [2.45, 2.75) is 160 Å². The predicted molar refractivity (Wildman–Crippen MR) is 525 cm³/mol. The molecule has 6 amide bonds. The second kappa shape index (κ2) is 42.7. The van der Waals surface area contributed by atoms with Gasteiger partial charge in [0.2, 0.25) is 24.1 Å². The van der Waals surface area contributed by atoms with E-state index in [1.54, 1.807) is 106 Å². The van der Waals surface area contributed by atoms with Gasteiger partial charge in [-0.25, -0.2) is 59.7 Å². The van der Waals surface area contributed by atoms with Crippen LogP contribution in [0.5, 0.6) is 0 Å². The van der Waals surface area contributed by atoms with E-state index in [0.29, 0.717) is 85.3 Å². The quantitative estimate of drug-likeness (QED) is 0.0232. The number of carbonyl (C=O) groups is 7. The SMILES string of the molecule is CC(=O)[C@H](CC(F)F)c1ccc2cc1CN(C)C(=O)[C@H](Nc1ccc3c(N)ncc(F)c3c1)c1ccc(c(C)c1)[C@@H](C)COC(=O)N2.CCOP(=O)(OCC)c1ccc2cc1CN(C)C(=O)[C@H](Nc1ccc3c(N)nccc3c1)c1ccc(c(C)c1)[C@@H](C)COC(=O)N2.Cc1cc2ccc1[C@@H](C)COC(=O)Nc1cc(F)c(S(=O)(=O)C3CC3)c(c1)CN(C)C(=O)[C@@H]2Nc1cc(F)c2c(N)nccc2c1. The van der Waals surface area contributed by atoms with E-state index in [-0.39, 0.29) is 116 Å². The second-order valence-electron chi connectivity index (χ2n) is 35.2. The van der Waals surface area contributed by atoms with Gasteiger partial charge in [0.05, 0.1) is 55.2 Å². The standard InChI is InChI=1S/C35H36F3N5O4.C34H40N5O6P.C33H33F2N5O5S/c1-18-11-21-5-8-25(18)19(2)17-47-35(46)42-23-6-9-26(28(20(3)44)14-31(37)38)22(12-23)16-43(4)34(45)32(21)41-24-7-10-27-29(13-24)30(36)15-40-33(27)39;1-6-44-46(42,45-7-2)30-13-10-27-18-25(30)19-39(5)33(40)31(37-26-9-12-29-23(17-26)14-15-36-32(29)35)24-8-11-28(21(3)16-24)22(4)20-43-34(41)38-27;1-17-10-20-4-7-25(17)18(2)16-45-33(42)39-23-12-21(30(27(35)14-23)46(43,44)24-5-6-24)15-40(3)32(41)29(20)38-22-11-19-8-9-37-31(36)28(19)26(34)13-22/h5-13,15,19,28,31-32,41H,14,16-17H2,1-4H3,(H2,39,40)(H,42,46);8-18,22,31,37H,6-7,19-20H2,1-5H3,(H2,35,36)(H,38,41);4,7-14,18,24,29,38H,5-6,15-16H2,1-3H3,(H2,36,37)(H,39,42)/t19-,28-,32+;22-,31+;18-,29+/m000/s1. The van der Waals surface area contributed by atoms with Crippen LogP contribution in [0.15, 0.2) is 187 Å². The number of pyridine rings is 3. The summed E-state index contributed by atoms with van der Waals surface area (Å²) in [5.74, 6) is -4.78. The van der Waals surface area contributed by atoms with Gasteiger partial charge >= 0.3 is 25.9 Å². The lowest BCUT2D eigenvalue weighted by molar-refractivity contribution is -0.132. The molecular formula is C102H109F5N15O15PS. The van der Waals surface area contributed by atoms with Crippen LogP contribution in [0.2, 0.25) is 0 Å². The number of alkyl halides is 2. The third kappa shape index (κ3) is 23.1. The van der Waals surface area contributed by atoms with Crippen LogP contribution in [0.1, 0.15) is 175 Å². The molecule has 6 aliphatic heterocycles. The number of carbonyl (C=O) groups excluding carboxylic acids is 7. The zero-order chi connectivity index (χ0) is 99.9. The minimum atomic E-state index is -4.04. The summed E-state index contributed by atoms with van der Waals surface area (Å²) in [5, 5.41) is 20.4. The number of rotatable bonds is 17. The third-order valence-electron chi connectivity index (χ3n) is 24.9. The summed E-state index contributed by atoms with van der Waals surface area (Å²) >= 11 is 0. The monoisotopic (exact) mass is 1940 g/mol. The lowest BCUT2D eigenvalue weighted by atomic mass is 9.88. The summed E-state index contributed by atoms with van der Waals surface area (Å²) in [4.78, 5) is 109. The molecule has 0 radical (unpaired) electrons. The molecule has 1 aliphatic carbocycles. The maximum Gasteiger partial charge on any atom is 0.411 e. The van der Waals surface area contributed by atoms with Gasteiger partial charge in [-0.1, -0.05) is 81.4 Å². The predicted octanol–water partition coefficient (Wildman–Crippen LogP) is 19.4. The van der Waals surface area contributed by atoms with Gasteiger partial charge in [-0.3, -0.25) is 39.7 Å². The first kappa shape index (κ1) is 101. The topological polar surface area (TPSA) is 415 Å². The molecular weight excluding hydrogens is 1830 g/mol. The number of likely N-dealkylation sites (N-methyl/N-ethyl adjacent to an activating group) is 3. The van der Waals surface area contributed by atoms with Gasteiger partial charge in [-0.05, 0) is 241 Å². The first-order valence-corrected chi connectivity index (χ1v) is 48.3. The molecule has 30 nitrogen and oxygen atoms in total. The fourth-order valence-electron chi connectivity index (χ4n) is 17.8. The van der Waals surface area contributed by atoms with Crippen LogP contribution >= 0.6 is 7.60 Å². The highest BCUT2D eigenvalue weighted by atomic mass is 32.2. The van der Waals surface area contributed by atoms with Crippen molar-refractivity contribution in [1.29, 1.82) is 0 Å². The number of hydrogen-bond acceptors (Lipinski definition) is 24. The molecule has 139 heavy (non-hydrogen) atoms. The number of nitrogens with zero attached hydrogens (tertiary/aromatic N) is 6. The van der Waals surface area contributed by atoms with Crippen molar-refractivity contribution in [2.24, 2.45) is 0 Å². The van der Waals surface area contributed by atoms with Crippen LogP contribution in [0.3, 0.4) is 0 Å². The molecule has 7 atom stereocenters. The Labute approximate surface area is 800 Å². The van der Waals surface area contributed by atoms with Crippen molar-refractivity contribution < 1.29 is 91.8 Å². The fourth-order valence-corrected chi connectivity index (χ4v) is 21.5. The molecule has 3 aromatic heterocycles. The van der Waals surface area contributed by atoms with Gasteiger partial charge in [0.25, 0.3) is 0 Å². The lowest BCUT2D eigenvalue weighted by Crippen LogP contribution is -2.36. The van der Waals surface area contributed by atoms with Crippen molar-refractivity contribution in [2.75, 3.05) is 103 Å². The summed E-state index contributed by atoms with van der Waals surface area (Å²) in [6, 6.07) is 42.8. The molecule has 9 heterocycles. The van der Waals surface area contributed by atoms with E-state index in [2.05, 4.69) is 46.9 Å². The maximum absolute atomic E-state index is 15.6. The number of nitrogens with two attached hydrogens (primary N) is 3. The number of ketones is 1. The number of amides is 6. The van der Waals surface area contributed by atoms with Crippen molar-refractivity contribution in [3.63, 3.8) is 0 Å². The van der Waals surface area contributed by atoms with Crippen molar-refractivity contribution in [3.05, 3.63) is 272 Å². The van der Waals surface area contributed by atoms with Gasteiger partial charge in [0.15, 0.2) is 9.84 Å². The summed E-state index contributed by atoms with van der Waals surface area (Å²) in [5.41, 5.74) is 28.7. The molecule has 7 aliphatic rings. The van der Waals surface area contributed by atoms with E-state index in [1.165, 1.54) is 54.2 Å². The number of sulfone groups is 1. The highest BCUT2D eigenvalue weighted by Gasteiger charge is 2.42. The van der Waals surface area contributed by atoms with Crippen LogP contribution in [0.25, 0.3) is 32.3 Å². The summed E-state index contributed by atoms with van der Waals surface area (Å²) in [6.45, 7) is 16.4. The molecule has 0 unspecified atom stereocenters. The Morgan fingerprint density at radius 1 is 0.504 bits per heavy atom. The number of aromatic nitrogens is 3. The molecule has 9 aromatic carbocycles. The summed E-state index contributed by atoms with van der Waals surface area (Å²) in [6.07, 6.45) is -0.620. The average molecular weight is 1940 g/mol. The number of nitrogen functional groups attached to an aromatic ring is 3. The first-order valence-electron chi connectivity index (χ1n) is 45.2. The van der Waals surface area contributed by atoms with E-state index >= 15 is 8.78 Å². The van der Waals surface area contributed by atoms with E-state index in [4.69, 9.17) is 40.5 Å². The Balaban J connectivity index is 0.000000166. The molecule has 12 bridgehead atoms. The average Bonchev–Trinajstić information content (AvgIpc) is 1.65. The van der Waals surface area contributed by atoms with Gasteiger partial charge < -0.3 is 71.1 Å². The molecule has 1 fully saturated rings. The largest absolute Gasteiger partial charge is 0.449 e. The lowest BCUT2D eigenvalue weighted by Gasteiger charge is -2.28. The minimum absolute atomic E-state index is 0.00326. The number of nitrogens with one attached hydrogen (secondary N) is 6. The van der Waals surface area contributed by atoms with Crippen LogP contribution in [0.4, 0.5) is 87.9 Å². The third-order valence-corrected chi connectivity index (χ3v) is 29.5. The van der Waals surface area contributed by atoms with Crippen LogP contribution in [-0.4, -0.2) is 146 Å². The fraction of sp³-hybridized carbons (Fsp3) is 0.314. The summed E-state index contributed by atoms with van der Waals surface area (Å²) in [7, 11) is -3.08. The van der Waals surface area contributed by atoms with Gasteiger partial charge in [0.1, 0.15) is 63.7 Å². The Morgan fingerprint density at radius 3 is 1.45 bits per heavy atom. The minimum Gasteiger partial charge on any atom is -0.449 e. The van der Waals surface area contributed by atoms with E-state index in [0.717, 1.165) is 67.7 Å². The maximum atomic E-state index is 15.6. The number of aryl methyl sites for hydroxylation is 3. The van der Waals surface area contributed by atoms with Gasteiger partial charge in [-0.15, -0.1) is 0 Å². The first-order chi connectivity index (χ1) is 66.2. The molecule has 1 saturated carbocycles. The van der Waals surface area contributed by atoms with Crippen LogP contribution in [0, 0.1) is 38.2 Å². The molecule has 12 aromatic rings. The summed E-state index contributed by atoms with van der Waals surface area (Å²) < 4.78 is 141. The van der Waals surface area contributed by atoms with Crippen LogP contribution < -0.4 is 54.4 Å². The molecule has 728 valence electrons. The van der Waals surface area contributed by atoms with Crippen LogP contribution in [-0.2, 0) is 76.5 Å². The Hall–Kier alpha value is -14.4. The number of halogens is 5. The number of ether oxygens (including phenoxy) is 3.